The van der Waals surface area contributed by atoms with Crippen LogP contribution in [0.2, 0.25) is 0 Å². The van der Waals surface area contributed by atoms with Crippen LogP contribution in [0.3, 0.4) is 0 Å². The molecule has 0 spiro atoms. The number of carbonyl (C=O) groups is 1. The number of thioether (sulfide) groups is 1. The zero-order valence-electron chi connectivity index (χ0n) is 13.8. The quantitative estimate of drug-likeness (QED) is 0.631. The van der Waals surface area contributed by atoms with Crippen molar-refractivity contribution in [1.29, 1.82) is 0 Å². The third-order valence-corrected chi connectivity index (χ3v) is 5.18. The van der Waals surface area contributed by atoms with Gasteiger partial charge in [-0.3, -0.25) is 4.79 Å². The molecule has 1 heterocycles. The van der Waals surface area contributed by atoms with Gasteiger partial charge in [-0.2, -0.15) is 13.2 Å². The molecule has 0 aromatic heterocycles. The molecule has 0 unspecified atom stereocenters. The second-order valence-electron chi connectivity index (χ2n) is 5.42. The van der Waals surface area contributed by atoms with Gasteiger partial charge in [-0.15, -0.1) is 0 Å². The molecule has 9 heteroatoms. The molecule has 2 aromatic rings. The highest BCUT2D eigenvalue weighted by Crippen LogP contribution is 2.34. The number of carbonyl (C=O) groups excluding carboxylic acids is 1. The summed E-state index contributed by atoms with van der Waals surface area (Å²) in [6.07, 6.45) is -2.80. The summed E-state index contributed by atoms with van der Waals surface area (Å²) in [5, 5.41) is 2.77. The summed E-state index contributed by atoms with van der Waals surface area (Å²) in [6.45, 7) is 0. The van der Waals surface area contributed by atoms with Crippen molar-refractivity contribution in [2.24, 2.45) is 4.99 Å². The second-order valence-corrected chi connectivity index (χ2v) is 7.30. The standard InChI is InChI=1S/C18H12BrF3N2O2S/c1-26-13-5-6-14(19)10(7-13)8-15-16(25)24-17(27-15)23-12-4-2-3-11(9-12)18(20,21)22/h2-9H,1H3,(H,23,24,25)/b15-8-. The van der Waals surface area contributed by atoms with Gasteiger partial charge >= 0.3 is 6.18 Å². The van der Waals surface area contributed by atoms with E-state index in [4.69, 9.17) is 4.74 Å². The number of halogens is 4. The second kappa shape index (κ2) is 7.77. The van der Waals surface area contributed by atoms with Gasteiger partial charge < -0.3 is 10.1 Å². The number of amidine groups is 1. The number of ether oxygens (including phenoxy) is 1. The minimum absolute atomic E-state index is 0.108. The van der Waals surface area contributed by atoms with Crippen LogP contribution >= 0.6 is 27.7 Å². The van der Waals surface area contributed by atoms with E-state index in [9.17, 15) is 18.0 Å². The fraction of sp³-hybridized carbons (Fsp3) is 0.111. The van der Waals surface area contributed by atoms with Crippen molar-refractivity contribution in [2.75, 3.05) is 7.11 Å². The van der Waals surface area contributed by atoms with Crippen molar-refractivity contribution in [3.05, 3.63) is 63.0 Å². The van der Waals surface area contributed by atoms with Gasteiger partial charge in [0.15, 0.2) is 5.17 Å². The average Bonchev–Trinajstić information content (AvgIpc) is 2.95. The Morgan fingerprint density at radius 2 is 2.00 bits per heavy atom. The summed E-state index contributed by atoms with van der Waals surface area (Å²) in [6, 6.07) is 9.93. The van der Waals surface area contributed by atoms with E-state index in [1.54, 1.807) is 24.3 Å². The lowest BCUT2D eigenvalue weighted by Crippen LogP contribution is -2.19. The number of alkyl halides is 3. The summed E-state index contributed by atoms with van der Waals surface area (Å²) in [4.78, 5) is 16.6. The number of aliphatic imine (C=N–C) groups is 1. The number of amides is 1. The first-order chi connectivity index (χ1) is 12.8. The Kier molecular flexibility index (Phi) is 5.61. The molecule has 0 radical (unpaired) electrons. The van der Waals surface area contributed by atoms with Crippen LogP contribution in [-0.4, -0.2) is 18.2 Å². The molecule has 2 aromatic carbocycles. The summed E-state index contributed by atoms with van der Waals surface area (Å²) in [5.41, 5.74) is 0.0403. The third-order valence-electron chi connectivity index (χ3n) is 3.54. The third kappa shape index (κ3) is 4.72. The van der Waals surface area contributed by atoms with Crippen molar-refractivity contribution in [3.63, 3.8) is 0 Å². The van der Waals surface area contributed by atoms with Crippen molar-refractivity contribution < 1.29 is 22.7 Å². The van der Waals surface area contributed by atoms with Crippen LogP contribution in [0.25, 0.3) is 6.08 Å². The van der Waals surface area contributed by atoms with E-state index < -0.39 is 11.7 Å². The highest BCUT2D eigenvalue weighted by atomic mass is 79.9. The first kappa shape index (κ1) is 19.5. The SMILES string of the molecule is COc1ccc(Br)c(/C=C2\SC(=Nc3cccc(C(F)(F)F)c3)NC2=O)c1. The molecule has 1 N–H and O–H groups in total. The summed E-state index contributed by atoms with van der Waals surface area (Å²) in [5.74, 6) is 0.256. The average molecular weight is 457 g/mol. The van der Waals surface area contributed by atoms with E-state index >= 15 is 0 Å². The number of nitrogens with one attached hydrogen (secondary N) is 1. The van der Waals surface area contributed by atoms with Crippen molar-refractivity contribution in [2.45, 2.75) is 6.18 Å². The Balaban J connectivity index is 1.87. The number of methoxy groups -OCH3 is 1. The maximum atomic E-state index is 12.8. The lowest BCUT2D eigenvalue weighted by molar-refractivity contribution is -0.137. The van der Waals surface area contributed by atoms with Crippen molar-refractivity contribution in [3.8, 4) is 5.75 Å². The molecular weight excluding hydrogens is 445 g/mol. The van der Waals surface area contributed by atoms with Crippen LogP contribution in [-0.2, 0) is 11.0 Å². The van der Waals surface area contributed by atoms with Crippen LogP contribution in [0.5, 0.6) is 5.75 Å². The van der Waals surface area contributed by atoms with Crippen LogP contribution in [0.1, 0.15) is 11.1 Å². The Morgan fingerprint density at radius 1 is 1.22 bits per heavy atom. The number of nitrogens with zero attached hydrogens (tertiary/aromatic N) is 1. The van der Waals surface area contributed by atoms with E-state index in [0.717, 1.165) is 33.9 Å². The molecule has 3 rings (SSSR count). The molecule has 0 saturated carbocycles. The molecule has 27 heavy (non-hydrogen) atoms. The minimum Gasteiger partial charge on any atom is -0.497 e. The fourth-order valence-electron chi connectivity index (χ4n) is 2.25. The molecule has 1 aliphatic heterocycles. The molecule has 0 atom stereocenters. The summed E-state index contributed by atoms with van der Waals surface area (Å²) >= 11 is 4.46. The highest BCUT2D eigenvalue weighted by molar-refractivity contribution is 9.10. The van der Waals surface area contributed by atoms with Gasteiger partial charge in [0.05, 0.1) is 23.3 Å². The first-order valence-corrected chi connectivity index (χ1v) is 9.17. The zero-order chi connectivity index (χ0) is 19.6. The maximum absolute atomic E-state index is 12.8. The molecule has 1 saturated heterocycles. The predicted molar refractivity (Wildman–Crippen MR) is 103 cm³/mol. The largest absolute Gasteiger partial charge is 0.497 e. The monoisotopic (exact) mass is 456 g/mol. The van der Waals surface area contributed by atoms with Crippen molar-refractivity contribution >= 4 is 50.5 Å². The number of benzene rings is 2. The molecule has 0 bridgehead atoms. The van der Waals surface area contributed by atoms with Crippen LogP contribution in [0.4, 0.5) is 18.9 Å². The first-order valence-electron chi connectivity index (χ1n) is 7.56. The van der Waals surface area contributed by atoms with E-state index in [1.807, 2.05) is 0 Å². The Hall–Kier alpha value is -2.26. The van der Waals surface area contributed by atoms with E-state index in [2.05, 4.69) is 26.2 Å². The van der Waals surface area contributed by atoms with Gasteiger partial charge in [0, 0.05) is 4.47 Å². The van der Waals surface area contributed by atoms with Crippen molar-refractivity contribution in [1.82, 2.24) is 5.32 Å². The molecule has 1 fully saturated rings. The zero-order valence-corrected chi connectivity index (χ0v) is 16.2. The normalized spacial score (nSPS) is 17.4. The van der Waals surface area contributed by atoms with Crippen LogP contribution in [0, 0.1) is 0 Å². The van der Waals surface area contributed by atoms with Gasteiger partial charge in [0.2, 0.25) is 0 Å². The smallest absolute Gasteiger partial charge is 0.416 e. The van der Waals surface area contributed by atoms with Crippen LogP contribution in [0.15, 0.2) is 56.8 Å². The Labute approximate surface area is 165 Å². The molecule has 140 valence electrons. The lowest BCUT2D eigenvalue weighted by Gasteiger charge is -2.06. The number of hydrogen-bond donors (Lipinski definition) is 1. The molecule has 0 aliphatic carbocycles. The van der Waals surface area contributed by atoms with E-state index in [0.29, 0.717) is 10.7 Å². The van der Waals surface area contributed by atoms with E-state index in [1.165, 1.54) is 19.2 Å². The summed E-state index contributed by atoms with van der Waals surface area (Å²) in [7, 11) is 1.54. The topological polar surface area (TPSA) is 50.7 Å². The van der Waals surface area contributed by atoms with Gasteiger partial charge in [-0.05, 0) is 59.8 Å². The van der Waals surface area contributed by atoms with Crippen LogP contribution < -0.4 is 10.1 Å². The van der Waals surface area contributed by atoms with E-state index in [-0.39, 0.29) is 16.8 Å². The molecular formula is C18H12BrF3N2O2S. The predicted octanol–water partition coefficient (Wildman–Crippen LogP) is 5.37. The molecule has 4 nitrogen and oxygen atoms in total. The minimum atomic E-state index is -4.45. The Morgan fingerprint density at radius 3 is 2.70 bits per heavy atom. The highest BCUT2D eigenvalue weighted by Gasteiger charge is 2.30. The molecule has 1 aliphatic rings. The fourth-order valence-corrected chi connectivity index (χ4v) is 3.44. The van der Waals surface area contributed by atoms with Gasteiger partial charge in [0.1, 0.15) is 5.75 Å². The van der Waals surface area contributed by atoms with Gasteiger partial charge in [0.25, 0.3) is 5.91 Å². The Bertz CT molecular complexity index is 958. The van der Waals surface area contributed by atoms with Gasteiger partial charge in [-0.1, -0.05) is 22.0 Å². The number of hydrogen-bond acceptors (Lipinski definition) is 4. The van der Waals surface area contributed by atoms with Gasteiger partial charge in [-0.25, -0.2) is 4.99 Å². The molecule has 1 amide bonds. The summed E-state index contributed by atoms with van der Waals surface area (Å²) < 4.78 is 44.3. The number of rotatable bonds is 3. The lowest BCUT2D eigenvalue weighted by atomic mass is 10.2. The maximum Gasteiger partial charge on any atom is 0.416 e.